The van der Waals surface area contributed by atoms with Crippen LogP contribution >= 0.6 is 0 Å². The van der Waals surface area contributed by atoms with Crippen LogP contribution in [0.1, 0.15) is 27.7 Å². The van der Waals surface area contributed by atoms with Gasteiger partial charge in [-0.2, -0.15) is 0 Å². The van der Waals surface area contributed by atoms with E-state index in [1.54, 1.807) is 0 Å². The summed E-state index contributed by atoms with van der Waals surface area (Å²) in [5, 5.41) is 0. The molecular weight excluding hydrogens is 305 g/mol. The molecule has 1 radical (unpaired) electrons. The SMILES string of the molecule is CC.CC.[CH3-].[CH3-].[Y].c1ccccc1.c1ccccc1. The molecule has 0 saturated carbocycles. The largest absolute Gasteiger partial charge is 0.358 e. The summed E-state index contributed by atoms with van der Waals surface area (Å²) in [6, 6.07) is 24.0. The first kappa shape index (κ1) is 31.1. The van der Waals surface area contributed by atoms with Gasteiger partial charge < -0.3 is 14.9 Å². The summed E-state index contributed by atoms with van der Waals surface area (Å²) in [5.41, 5.74) is 0. The van der Waals surface area contributed by atoms with Crippen molar-refractivity contribution < 1.29 is 32.7 Å². The molecule has 0 aliphatic heterocycles. The smallest absolute Gasteiger partial charge is 0 e. The Morgan fingerprint density at radius 3 is 0.421 bits per heavy atom. The van der Waals surface area contributed by atoms with E-state index in [1.807, 2.05) is 100 Å². The Balaban J connectivity index is -0.0000000486. The molecule has 2 aromatic rings. The Morgan fingerprint density at radius 2 is 0.368 bits per heavy atom. The van der Waals surface area contributed by atoms with Crippen LogP contribution in [0.25, 0.3) is 0 Å². The summed E-state index contributed by atoms with van der Waals surface area (Å²) >= 11 is 0. The molecule has 0 aromatic heterocycles. The van der Waals surface area contributed by atoms with Gasteiger partial charge in [0.05, 0.1) is 0 Å². The van der Waals surface area contributed by atoms with Crippen molar-refractivity contribution in [2.75, 3.05) is 0 Å². The molecule has 2 aromatic carbocycles. The summed E-state index contributed by atoms with van der Waals surface area (Å²) in [4.78, 5) is 0. The first-order valence-corrected chi connectivity index (χ1v) is 6.00. The minimum atomic E-state index is 0. The molecule has 0 bridgehead atoms. The maximum atomic E-state index is 2.00. The van der Waals surface area contributed by atoms with Crippen LogP contribution in [0.3, 0.4) is 0 Å². The molecule has 0 aliphatic rings. The van der Waals surface area contributed by atoms with E-state index in [1.165, 1.54) is 0 Å². The van der Waals surface area contributed by atoms with Crippen LogP contribution in [-0.2, 0) is 32.7 Å². The third-order valence-electron chi connectivity index (χ3n) is 1.33. The Labute approximate surface area is 147 Å². The summed E-state index contributed by atoms with van der Waals surface area (Å²) < 4.78 is 0. The van der Waals surface area contributed by atoms with E-state index in [-0.39, 0.29) is 47.6 Å². The quantitative estimate of drug-likeness (QED) is 0.494. The van der Waals surface area contributed by atoms with Crippen LogP contribution in [0.4, 0.5) is 0 Å². The second-order valence-corrected chi connectivity index (χ2v) is 2.31. The van der Waals surface area contributed by atoms with E-state index < -0.39 is 0 Å². The molecule has 2 rings (SSSR count). The van der Waals surface area contributed by atoms with Crippen molar-refractivity contribution in [3.8, 4) is 0 Å². The Kier molecular flexibility index (Phi) is 59.0. The van der Waals surface area contributed by atoms with Crippen molar-refractivity contribution in [2.45, 2.75) is 27.7 Å². The van der Waals surface area contributed by atoms with Gasteiger partial charge in [-0.05, 0) is 0 Å². The maximum Gasteiger partial charge on any atom is 0 e. The van der Waals surface area contributed by atoms with Gasteiger partial charge in [0.25, 0.3) is 0 Å². The molecular formula is C18H30Y-2. The number of rotatable bonds is 0. The zero-order valence-electron chi connectivity index (χ0n) is 13.5. The summed E-state index contributed by atoms with van der Waals surface area (Å²) in [6.45, 7) is 8.00. The predicted octanol–water partition coefficient (Wildman–Crippen LogP) is 6.32. The zero-order valence-corrected chi connectivity index (χ0v) is 16.3. The fourth-order valence-electron chi connectivity index (χ4n) is 0.770. The average Bonchev–Trinajstić information content (AvgIpc) is 2.48. The fourth-order valence-corrected chi connectivity index (χ4v) is 0.770. The third kappa shape index (κ3) is 31.8. The Bertz CT molecular complexity index is 181. The second kappa shape index (κ2) is 36.0. The van der Waals surface area contributed by atoms with Crippen LogP contribution in [0.5, 0.6) is 0 Å². The van der Waals surface area contributed by atoms with Crippen molar-refractivity contribution in [1.29, 1.82) is 0 Å². The molecule has 0 N–H and O–H groups in total. The molecule has 0 atom stereocenters. The van der Waals surface area contributed by atoms with Crippen LogP contribution in [0.2, 0.25) is 0 Å². The molecule has 19 heavy (non-hydrogen) atoms. The molecule has 107 valence electrons. The van der Waals surface area contributed by atoms with Crippen molar-refractivity contribution >= 4 is 0 Å². The molecule has 0 aliphatic carbocycles. The van der Waals surface area contributed by atoms with Crippen LogP contribution in [0.15, 0.2) is 72.8 Å². The molecule has 0 saturated heterocycles. The third-order valence-corrected chi connectivity index (χ3v) is 1.33. The van der Waals surface area contributed by atoms with E-state index in [0.717, 1.165) is 0 Å². The first-order valence-electron chi connectivity index (χ1n) is 6.00. The van der Waals surface area contributed by atoms with E-state index in [2.05, 4.69) is 0 Å². The van der Waals surface area contributed by atoms with Gasteiger partial charge >= 0.3 is 0 Å². The summed E-state index contributed by atoms with van der Waals surface area (Å²) in [5.74, 6) is 0. The minimum Gasteiger partial charge on any atom is -0.358 e. The van der Waals surface area contributed by atoms with Crippen LogP contribution in [-0.4, -0.2) is 0 Å². The number of hydrogen-bond donors (Lipinski definition) is 0. The van der Waals surface area contributed by atoms with Gasteiger partial charge in [0, 0.05) is 32.7 Å². The van der Waals surface area contributed by atoms with E-state index >= 15 is 0 Å². The van der Waals surface area contributed by atoms with Crippen molar-refractivity contribution in [2.24, 2.45) is 0 Å². The number of benzene rings is 2. The van der Waals surface area contributed by atoms with E-state index in [0.29, 0.717) is 0 Å². The predicted molar refractivity (Wildman–Crippen MR) is 88.4 cm³/mol. The Hall–Kier alpha value is -0.456. The van der Waals surface area contributed by atoms with Crippen molar-refractivity contribution in [1.82, 2.24) is 0 Å². The monoisotopic (exact) mass is 335 g/mol. The van der Waals surface area contributed by atoms with Crippen LogP contribution < -0.4 is 0 Å². The molecule has 0 heterocycles. The number of hydrogen-bond acceptors (Lipinski definition) is 0. The van der Waals surface area contributed by atoms with Gasteiger partial charge in [0.1, 0.15) is 0 Å². The maximum absolute atomic E-state index is 2.00. The van der Waals surface area contributed by atoms with Crippen LogP contribution in [0, 0.1) is 14.9 Å². The molecule has 0 amide bonds. The second-order valence-electron chi connectivity index (χ2n) is 2.31. The molecule has 0 fully saturated rings. The van der Waals surface area contributed by atoms with E-state index in [4.69, 9.17) is 0 Å². The van der Waals surface area contributed by atoms with E-state index in [9.17, 15) is 0 Å². The molecule has 0 nitrogen and oxygen atoms in total. The Morgan fingerprint density at radius 1 is 0.316 bits per heavy atom. The van der Waals surface area contributed by atoms with Crippen molar-refractivity contribution in [3.05, 3.63) is 87.6 Å². The summed E-state index contributed by atoms with van der Waals surface area (Å²) in [6.07, 6.45) is 0. The average molecular weight is 335 g/mol. The first-order chi connectivity index (χ1) is 8.00. The van der Waals surface area contributed by atoms with Crippen molar-refractivity contribution in [3.63, 3.8) is 0 Å². The fraction of sp³-hybridized carbons (Fsp3) is 0.222. The van der Waals surface area contributed by atoms with Gasteiger partial charge in [0.15, 0.2) is 0 Å². The zero-order chi connectivity index (χ0) is 12.5. The molecule has 0 unspecified atom stereocenters. The normalized spacial score (nSPS) is 5.68. The molecule has 0 spiro atoms. The van der Waals surface area contributed by atoms with Gasteiger partial charge in [-0.15, -0.1) is 0 Å². The van der Waals surface area contributed by atoms with Gasteiger partial charge in [-0.1, -0.05) is 100 Å². The minimum absolute atomic E-state index is 0. The summed E-state index contributed by atoms with van der Waals surface area (Å²) in [7, 11) is 0. The van der Waals surface area contributed by atoms with Gasteiger partial charge in [-0.3, -0.25) is 0 Å². The van der Waals surface area contributed by atoms with Gasteiger partial charge in [-0.25, -0.2) is 0 Å². The topological polar surface area (TPSA) is 0 Å². The standard InChI is InChI=1S/2C6H6.2C2H6.2CH3.Y/c2*1-2-4-6-5-3-1;2*1-2;;;/h2*1-6H;2*1-2H3;2*1H3;/q;;;;2*-1;. The van der Waals surface area contributed by atoms with Gasteiger partial charge in [0.2, 0.25) is 0 Å². The molecule has 1 heteroatoms.